The predicted octanol–water partition coefficient (Wildman–Crippen LogP) is 4.22. The molecule has 0 unspecified atom stereocenters. The molecule has 1 amide bonds. The van der Waals surface area contributed by atoms with Gasteiger partial charge < -0.3 is 10.6 Å². The summed E-state index contributed by atoms with van der Waals surface area (Å²) in [5, 5.41) is 6.84. The third-order valence-corrected chi connectivity index (χ3v) is 4.25. The Kier molecular flexibility index (Phi) is 5.72. The van der Waals surface area contributed by atoms with E-state index in [4.69, 9.17) is 11.6 Å². The van der Waals surface area contributed by atoms with Crippen molar-refractivity contribution in [3.05, 3.63) is 28.8 Å². The maximum Gasteiger partial charge on any atom is 0.251 e. The molecule has 0 aromatic heterocycles. The first kappa shape index (κ1) is 15.2. The van der Waals surface area contributed by atoms with E-state index in [1.54, 1.807) is 19.2 Å². The Morgan fingerprint density at radius 3 is 2.45 bits per heavy atom. The third kappa shape index (κ3) is 4.14. The smallest absolute Gasteiger partial charge is 0.251 e. The second kappa shape index (κ2) is 7.53. The molecule has 0 aliphatic heterocycles. The van der Waals surface area contributed by atoms with Crippen molar-refractivity contribution >= 4 is 23.2 Å². The average Bonchev–Trinajstić information content (AvgIpc) is 2.43. The van der Waals surface area contributed by atoms with Crippen LogP contribution in [0.25, 0.3) is 0 Å². The van der Waals surface area contributed by atoms with E-state index >= 15 is 0 Å². The molecule has 2 N–H and O–H groups in total. The van der Waals surface area contributed by atoms with Crippen molar-refractivity contribution in [2.75, 3.05) is 12.4 Å². The SMILES string of the molecule is CNC(=O)c1ccc(Cl)c(NC2CCCCCCC2)c1. The highest BCUT2D eigenvalue weighted by molar-refractivity contribution is 6.33. The first-order chi connectivity index (χ1) is 9.70. The van der Waals surface area contributed by atoms with E-state index in [9.17, 15) is 4.79 Å². The summed E-state index contributed by atoms with van der Waals surface area (Å²) in [6.45, 7) is 0. The average molecular weight is 295 g/mol. The zero-order valence-corrected chi connectivity index (χ0v) is 12.8. The number of nitrogens with one attached hydrogen (secondary N) is 2. The lowest BCUT2D eigenvalue weighted by Gasteiger charge is -2.23. The zero-order valence-electron chi connectivity index (χ0n) is 12.0. The normalized spacial score (nSPS) is 17.1. The fourth-order valence-electron chi connectivity index (χ4n) is 2.74. The highest BCUT2D eigenvalue weighted by Gasteiger charge is 2.14. The van der Waals surface area contributed by atoms with Gasteiger partial charge in [0.1, 0.15) is 0 Å². The molecule has 1 saturated carbocycles. The molecule has 0 spiro atoms. The summed E-state index contributed by atoms with van der Waals surface area (Å²) in [7, 11) is 1.64. The van der Waals surface area contributed by atoms with Crippen molar-refractivity contribution in [1.82, 2.24) is 5.32 Å². The molecule has 20 heavy (non-hydrogen) atoms. The van der Waals surface area contributed by atoms with Gasteiger partial charge in [-0.3, -0.25) is 4.79 Å². The number of hydrogen-bond acceptors (Lipinski definition) is 2. The Labute approximate surface area is 126 Å². The van der Waals surface area contributed by atoms with E-state index in [-0.39, 0.29) is 5.91 Å². The van der Waals surface area contributed by atoms with Crippen LogP contribution in [0.4, 0.5) is 5.69 Å². The van der Waals surface area contributed by atoms with Crippen LogP contribution in [0.5, 0.6) is 0 Å². The maximum absolute atomic E-state index is 11.7. The van der Waals surface area contributed by atoms with Gasteiger partial charge in [-0.2, -0.15) is 0 Å². The first-order valence-corrected chi connectivity index (χ1v) is 7.86. The molecular formula is C16H23ClN2O. The molecule has 0 atom stereocenters. The quantitative estimate of drug-likeness (QED) is 0.876. The second-order valence-corrected chi connectivity index (χ2v) is 5.87. The summed E-state index contributed by atoms with van der Waals surface area (Å²) >= 11 is 6.24. The van der Waals surface area contributed by atoms with Crippen LogP contribution in [0, 0.1) is 0 Å². The van der Waals surface area contributed by atoms with Gasteiger partial charge in [-0.15, -0.1) is 0 Å². The minimum absolute atomic E-state index is 0.0811. The van der Waals surface area contributed by atoms with Gasteiger partial charge in [0, 0.05) is 18.7 Å². The molecule has 0 bridgehead atoms. The van der Waals surface area contributed by atoms with Crippen LogP contribution in [-0.2, 0) is 0 Å². The molecule has 1 aliphatic carbocycles. The van der Waals surface area contributed by atoms with Gasteiger partial charge in [0.15, 0.2) is 0 Å². The van der Waals surface area contributed by atoms with Gasteiger partial charge in [-0.1, -0.05) is 43.7 Å². The Morgan fingerprint density at radius 1 is 1.15 bits per heavy atom. The van der Waals surface area contributed by atoms with Crippen molar-refractivity contribution in [2.24, 2.45) is 0 Å². The lowest BCUT2D eigenvalue weighted by Crippen LogP contribution is -2.22. The minimum atomic E-state index is -0.0811. The second-order valence-electron chi connectivity index (χ2n) is 5.46. The molecule has 0 radical (unpaired) electrons. The fraction of sp³-hybridized carbons (Fsp3) is 0.562. The lowest BCUT2D eigenvalue weighted by atomic mass is 9.96. The molecule has 1 aliphatic rings. The Bertz CT molecular complexity index is 454. The van der Waals surface area contributed by atoms with Crippen molar-refractivity contribution in [2.45, 2.75) is 51.0 Å². The van der Waals surface area contributed by atoms with E-state index in [0.29, 0.717) is 16.6 Å². The number of anilines is 1. The molecule has 1 fully saturated rings. The lowest BCUT2D eigenvalue weighted by molar-refractivity contribution is 0.0963. The summed E-state index contributed by atoms with van der Waals surface area (Å²) in [4.78, 5) is 11.7. The number of rotatable bonds is 3. The molecule has 1 aromatic carbocycles. The number of amides is 1. The number of carbonyl (C=O) groups is 1. The summed E-state index contributed by atoms with van der Waals surface area (Å²) in [5.74, 6) is -0.0811. The first-order valence-electron chi connectivity index (χ1n) is 7.49. The molecule has 4 heteroatoms. The topological polar surface area (TPSA) is 41.1 Å². The van der Waals surface area contributed by atoms with Crippen molar-refractivity contribution < 1.29 is 4.79 Å². The fourth-order valence-corrected chi connectivity index (χ4v) is 2.91. The maximum atomic E-state index is 11.7. The monoisotopic (exact) mass is 294 g/mol. The van der Waals surface area contributed by atoms with E-state index < -0.39 is 0 Å². The number of hydrogen-bond donors (Lipinski definition) is 2. The summed E-state index contributed by atoms with van der Waals surface area (Å²) < 4.78 is 0. The van der Waals surface area contributed by atoms with Crippen LogP contribution in [0.3, 0.4) is 0 Å². The van der Waals surface area contributed by atoms with Crippen LogP contribution >= 0.6 is 11.6 Å². The third-order valence-electron chi connectivity index (χ3n) is 3.92. The Balaban J connectivity index is 2.08. The summed E-state index contributed by atoms with van der Waals surface area (Å²) in [6.07, 6.45) is 8.91. The van der Waals surface area contributed by atoms with Gasteiger partial charge in [-0.25, -0.2) is 0 Å². The van der Waals surface area contributed by atoms with Gasteiger partial charge in [0.2, 0.25) is 0 Å². The molecule has 110 valence electrons. The Morgan fingerprint density at radius 2 is 1.80 bits per heavy atom. The minimum Gasteiger partial charge on any atom is -0.381 e. The van der Waals surface area contributed by atoms with Crippen molar-refractivity contribution in [1.29, 1.82) is 0 Å². The van der Waals surface area contributed by atoms with E-state index in [1.165, 1.54) is 44.9 Å². The standard InChI is InChI=1S/C16H23ClN2O/c1-18-16(20)12-9-10-14(17)15(11-12)19-13-7-5-3-2-4-6-8-13/h9-11,13,19H,2-8H2,1H3,(H,18,20). The van der Waals surface area contributed by atoms with Gasteiger partial charge in [0.25, 0.3) is 5.91 Å². The van der Waals surface area contributed by atoms with Crippen LogP contribution in [0.2, 0.25) is 5.02 Å². The molecule has 1 aromatic rings. The number of benzene rings is 1. The predicted molar refractivity (Wildman–Crippen MR) is 84.6 cm³/mol. The highest BCUT2D eigenvalue weighted by atomic mass is 35.5. The molecule has 3 nitrogen and oxygen atoms in total. The number of halogens is 1. The van der Waals surface area contributed by atoms with Crippen molar-refractivity contribution in [3.8, 4) is 0 Å². The van der Waals surface area contributed by atoms with Crippen LogP contribution in [-0.4, -0.2) is 19.0 Å². The van der Waals surface area contributed by atoms with Gasteiger partial charge >= 0.3 is 0 Å². The van der Waals surface area contributed by atoms with Gasteiger partial charge in [0.05, 0.1) is 10.7 Å². The largest absolute Gasteiger partial charge is 0.381 e. The number of carbonyl (C=O) groups excluding carboxylic acids is 1. The molecule has 0 heterocycles. The Hall–Kier alpha value is -1.22. The van der Waals surface area contributed by atoms with Crippen molar-refractivity contribution in [3.63, 3.8) is 0 Å². The van der Waals surface area contributed by atoms with Gasteiger partial charge in [-0.05, 0) is 31.0 Å². The van der Waals surface area contributed by atoms with E-state index in [0.717, 1.165) is 5.69 Å². The summed E-state index contributed by atoms with van der Waals surface area (Å²) in [6, 6.07) is 5.86. The highest BCUT2D eigenvalue weighted by Crippen LogP contribution is 2.27. The zero-order chi connectivity index (χ0) is 14.4. The van der Waals surface area contributed by atoms with E-state index in [2.05, 4.69) is 10.6 Å². The summed E-state index contributed by atoms with van der Waals surface area (Å²) in [5.41, 5.74) is 1.52. The van der Waals surface area contributed by atoms with Crippen LogP contribution in [0.15, 0.2) is 18.2 Å². The van der Waals surface area contributed by atoms with Crippen LogP contribution in [0.1, 0.15) is 55.3 Å². The molecule has 2 rings (SSSR count). The molecular weight excluding hydrogens is 272 g/mol. The van der Waals surface area contributed by atoms with Crippen LogP contribution < -0.4 is 10.6 Å². The molecule has 0 saturated heterocycles. The van der Waals surface area contributed by atoms with E-state index in [1.807, 2.05) is 6.07 Å².